The highest BCUT2D eigenvalue weighted by Gasteiger charge is 2.71. The molecule has 2 heterocycles. The molecule has 5 aliphatic rings. The second-order valence-corrected chi connectivity index (χ2v) is 17.7. The highest BCUT2D eigenvalue weighted by molar-refractivity contribution is 6.05. The zero-order valence-electron chi connectivity index (χ0n) is 29.7. The van der Waals surface area contributed by atoms with Gasteiger partial charge in [0.15, 0.2) is 11.6 Å². The van der Waals surface area contributed by atoms with E-state index in [1.807, 2.05) is 26.0 Å². The summed E-state index contributed by atoms with van der Waals surface area (Å²) in [6.45, 7) is 15.1. The number of nitrogens with two attached hydrogens (primary N) is 1. The molecule has 3 saturated carbocycles. The van der Waals surface area contributed by atoms with Crippen LogP contribution in [0.4, 0.5) is 0 Å². The Morgan fingerprint density at radius 1 is 0.980 bits per heavy atom. The van der Waals surface area contributed by atoms with Crippen molar-refractivity contribution in [1.29, 1.82) is 5.26 Å². The number of Topliss-reactive ketones (excluding diaryl/α,β-unsaturated/α-hetero) is 1. The Labute approximate surface area is 288 Å². The number of pyridine rings is 1. The minimum absolute atomic E-state index is 0.0247. The Hall–Kier alpha value is -4.19. The van der Waals surface area contributed by atoms with Gasteiger partial charge in [0.2, 0.25) is 5.91 Å². The predicted molar refractivity (Wildman–Crippen MR) is 184 cm³/mol. The third-order valence-electron chi connectivity index (χ3n) is 14.4. The zero-order valence-corrected chi connectivity index (χ0v) is 29.7. The molecule has 0 aliphatic heterocycles. The summed E-state index contributed by atoms with van der Waals surface area (Å²) in [4.78, 5) is 63.8. The molecular weight excluding hydrogens is 614 g/mol. The number of imidazole rings is 1. The number of carbonyl (C=O) groups is 4. The van der Waals surface area contributed by atoms with E-state index in [1.54, 1.807) is 29.0 Å². The number of allylic oxidation sites excluding steroid dienone is 4. The fourth-order valence-electron chi connectivity index (χ4n) is 11.5. The number of hydrogen-bond acceptors (Lipinski definition) is 7. The minimum Gasteiger partial charge on any atom is -0.364 e. The first-order valence-electron chi connectivity index (χ1n) is 17.6. The van der Waals surface area contributed by atoms with Crippen molar-refractivity contribution in [3.63, 3.8) is 0 Å². The average Bonchev–Trinajstić information content (AvgIpc) is 3.54. The van der Waals surface area contributed by atoms with Crippen molar-refractivity contribution < 1.29 is 19.2 Å². The van der Waals surface area contributed by atoms with E-state index in [9.17, 15) is 24.4 Å². The van der Waals surface area contributed by atoms with Crippen molar-refractivity contribution >= 4 is 23.4 Å². The number of nitrogens with zero attached hydrogens (tertiary/aromatic N) is 4. The molecule has 0 bridgehead atoms. The molecule has 2 aromatic rings. The van der Waals surface area contributed by atoms with Crippen molar-refractivity contribution in [1.82, 2.24) is 14.5 Å². The first-order valence-corrected chi connectivity index (χ1v) is 17.6. The summed E-state index contributed by atoms with van der Waals surface area (Å²) < 4.78 is 1.57. The number of carbonyl (C=O) groups excluding carboxylic acids is 4. The quantitative estimate of drug-likeness (QED) is 0.376. The van der Waals surface area contributed by atoms with Crippen molar-refractivity contribution in [2.24, 2.45) is 56.0 Å². The van der Waals surface area contributed by atoms with Gasteiger partial charge in [0.1, 0.15) is 23.8 Å². The van der Waals surface area contributed by atoms with Crippen molar-refractivity contribution in [3.8, 4) is 17.5 Å². The SMILES string of the molecule is CC1(C)CC[C@]2(C(=O)n3cnc(-c4cccc(C(N)=O)n4)c3)CC[C@]3(C)[C@H](C(=O)C=C4[C@@]5(C)C=C(C#N)C(=O)C(C)(C)C5CC[C@]43C)C2C1. The lowest BCUT2D eigenvalue weighted by atomic mass is 9.34. The monoisotopic (exact) mass is 661 g/mol. The van der Waals surface area contributed by atoms with Crippen molar-refractivity contribution in [2.45, 2.75) is 93.4 Å². The van der Waals surface area contributed by atoms with Crippen LogP contribution in [0.3, 0.4) is 0 Å². The maximum Gasteiger partial charge on any atom is 0.267 e. The van der Waals surface area contributed by atoms with Gasteiger partial charge in [-0.25, -0.2) is 9.97 Å². The third kappa shape index (κ3) is 4.41. The zero-order chi connectivity index (χ0) is 35.5. The second-order valence-electron chi connectivity index (χ2n) is 17.7. The topological polar surface area (TPSA) is 149 Å². The van der Waals surface area contributed by atoms with Crippen LogP contribution in [0.25, 0.3) is 11.4 Å². The Balaban J connectivity index is 1.32. The summed E-state index contributed by atoms with van der Waals surface area (Å²) in [7, 11) is 0. The Bertz CT molecular complexity index is 1940. The van der Waals surface area contributed by atoms with Gasteiger partial charge in [0.25, 0.3) is 5.91 Å². The number of primary amides is 1. The smallest absolute Gasteiger partial charge is 0.267 e. The number of nitriles is 1. The van der Waals surface area contributed by atoms with Gasteiger partial charge in [-0.1, -0.05) is 66.2 Å². The lowest BCUT2D eigenvalue weighted by Gasteiger charge is -2.69. The molecule has 3 fully saturated rings. The van der Waals surface area contributed by atoms with Crippen molar-refractivity contribution in [3.05, 3.63) is 59.7 Å². The Morgan fingerprint density at radius 3 is 2.39 bits per heavy atom. The molecule has 2 unspecified atom stereocenters. The molecule has 0 radical (unpaired) electrons. The van der Waals surface area contributed by atoms with Gasteiger partial charge < -0.3 is 5.73 Å². The number of amides is 1. The van der Waals surface area contributed by atoms with E-state index < -0.39 is 27.6 Å². The molecule has 1 amide bonds. The normalized spacial score (nSPS) is 37.3. The number of ketones is 2. The highest BCUT2D eigenvalue weighted by atomic mass is 16.2. The minimum atomic E-state index is -0.744. The largest absolute Gasteiger partial charge is 0.364 e. The van der Waals surface area contributed by atoms with Crippen LogP contribution in [0.1, 0.15) is 109 Å². The molecule has 2 N–H and O–H groups in total. The van der Waals surface area contributed by atoms with Crippen LogP contribution in [0.5, 0.6) is 0 Å². The van der Waals surface area contributed by atoms with E-state index in [0.717, 1.165) is 31.3 Å². The summed E-state index contributed by atoms with van der Waals surface area (Å²) in [5.41, 5.74) is 4.85. The number of hydrogen-bond donors (Lipinski definition) is 1. The van der Waals surface area contributed by atoms with Gasteiger partial charge in [-0.2, -0.15) is 5.26 Å². The van der Waals surface area contributed by atoms with Crippen LogP contribution in [0, 0.1) is 61.6 Å². The van der Waals surface area contributed by atoms with Gasteiger partial charge in [0.05, 0.1) is 16.7 Å². The molecule has 7 rings (SSSR count). The second kappa shape index (κ2) is 10.4. The van der Waals surface area contributed by atoms with Crippen LogP contribution in [-0.2, 0) is 9.59 Å². The first kappa shape index (κ1) is 33.3. The van der Waals surface area contributed by atoms with E-state index in [1.165, 1.54) is 6.33 Å². The summed E-state index contributed by atoms with van der Waals surface area (Å²) >= 11 is 0. The molecule has 5 aliphatic carbocycles. The highest BCUT2D eigenvalue weighted by Crippen LogP contribution is 2.74. The van der Waals surface area contributed by atoms with Crippen LogP contribution >= 0.6 is 0 Å². The van der Waals surface area contributed by atoms with E-state index in [4.69, 9.17) is 5.73 Å². The van der Waals surface area contributed by atoms with Crippen LogP contribution in [0.15, 0.2) is 54.0 Å². The van der Waals surface area contributed by atoms with Gasteiger partial charge in [0, 0.05) is 22.9 Å². The predicted octanol–water partition coefficient (Wildman–Crippen LogP) is 6.90. The van der Waals surface area contributed by atoms with Crippen molar-refractivity contribution in [2.75, 3.05) is 0 Å². The Morgan fingerprint density at radius 2 is 1.69 bits per heavy atom. The maximum absolute atomic E-state index is 14.9. The molecule has 0 spiro atoms. The molecular formula is C40H47N5O4. The molecule has 256 valence electrons. The first-order chi connectivity index (χ1) is 22.8. The molecule has 9 nitrogen and oxygen atoms in total. The van der Waals surface area contributed by atoms with Gasteiger partial charge >= 0.3 is 0 Å². The summed E-state index contributed by atoms with van der Waals surface area (Å²) in [6.07, 6.45) is 12.3. The molecule has 9 heteroatoms. The summed E-state index contributed by atoms with van der Waals surface area (Å²) in [5, 5.41) is 10.0. The molecule has 0 saturated heterocycles. The lowest BCUT2D eigenvalue weighted by molar-refractivity contribution is -0.164. The molecule has 49 heavy (non-hydrogen) atoms. The standard InChI is InChI=1S/C40H47N5O4/c1-35(2)13-15-40(34(49)45-21-27(43-22-45)25-9-8-10-26(44-25)33(42)48)16-14-39(7)31(24(40)19-35)28(46)17-30-37(5)18-23(20-41)32(47)36(3,4)29(37)11-12-38(30,39)6/h8-10,17-18,21-22,24,29,31H,11-16,19H2,1-7H3,(H2,42,48)/t24?,29?,31-,37-,38+,39+,40-/m0/s1. The fraction of sp³-hybridized carbons (Fsp3) is 0.575. The van der Waals surface area contributed by atoms with Crippen LogP contribution in [-0.4, -0.2) is 37.9 Å². The van der Waals surface area contributed by atoms with E-state index in [-0.39, 0.29) is 57.3 Å². The number of fused-ring (bicyclic) bond motifs is 7. The summed E-state index contributed by atoms with van der Waals surface area (Å²) in [5.74, 6) is -1.28. The summed E-state index contributed by atoms with van der Waals surface area (Å²) in [6, 6.07) is 7.15. The average molecular weight is 662 g/mol. The lowest BCUT2D eigenvalue weighted by Crippen LogP contribution is -2.66. The number of aromatic nitrogens is 3. The maximum atomic E-state index is 14.9. The molecule has 2 aromatic heterocycles. The molecule has 7 atom stereocenters. The van der Waals surface area contributed by atoms with E-state index >= 15 is 0 Å². The van der Waals surface area contributed by atoms with Gasteiger partial charge in [-0.15, -0.1) is 0 Å². The third-order valence-corrected chi connectivity index (χ3v) is 14.4. The van der Waals surface area contributed by atoms with Gasteiger partial charge in [-0.3, -0.25) is 23.7 Å². The number of rotatable bonds is 3. The van der Waals surface area contributed by atoms with Gasteiger partial charge in [-0.05, 0) is 91.2 Å². The van der Waals surface area contributed by atoms with Crippen LogP contribution in [0.2, 0.25) is 0 Å². The van der Waals surface area contributed by atoms with E-state index in [0.29, 0.717) is 30.7 Å². The van der Waals surface area contributed by atoms with E-state index in [2.05, 4.69) is 50.7 Å². The Kier molecular flexibility index (Phi) is 7.08. The van der Waals surface area contributed by atoms with Crippen LogP contribution < -0.4 is 5.73 Å². The fourth-order valence-corrected chi connectivity index (χ4v) is 11.5. The molecule has 0 aromatic carbocycles.